The molecule has 0 spiro atoms. The topological polar surface area (TPSA) is 132 Å². The van der Waals surface area contributed by atoms with Crippen LogP contribution in [0.2, 0.25) is 0 Å². The fourth-order valence-corrected chi connectivity index (χ4v) is 4.97. The first-order valence-corrected chi connectivity index (χ1v) is 14.2. The van der Waals surface area contributed by atoms with E-state index in [4.69, 9.17) is 9.15 Å². The molecule has 11 nitrogen and oxygen atoms in total. The van der Waals surface area contributed by atoms with Crippen LogP contribution in [0.15, 0.2) is 47.0 Å². The highest BCUT2D eigenvalue weighted by molar-refractivity contribution is 6.00. The van der Waals surface area contributed by atoms with Crippen molar-refractivity contribution < 1.29 is 23.5 Å². The molecule has 1 aliphatic rings. The van der Waals surface area contributed by atoms with Crippen molar-refractivity contribution in [1.29, 1.82) is 0 Å². The summed E-state index contributed by atoms with van der Waals surface area (Å²) in [5.74, 6) is -0.216. The summed E-state index contributed by atoms with van der Waals surface area (Å²) in [6.45, 7) is 9.21. The van der Waals surface area contributed by atoms with Crippen molar-refractivity contribution >= 4 is 28.7 Å². The minimum absolute atomic E-state index is 0.234. The van der Waals surface area contributed by atoms with Crippen molar-refractivity contribution in [3.05, 3.63) is 76.3 Å². The lowest BCUT2D eigenvalue weighted by Crippen LogP contribution is -2.45. The number of carbonyl (C=O) groups is 3. The smallest absolute Gasteiger partial charge is 0.290 e. The molecular weight excluding hydrogens is 536 g/mol. The first-order valence-electron chi connectivity index (χ1n) is 14.2. The van der Waals surface area contributed by atoms with Crippen molar-refractivity contribution in [1.82, 2.24) is 30.5 Å². The Morgan fingerprint density at radius 3 is 2.64 bits per heavy atom. The minimum atomic E-state index is -0.762. The average molecular weight is 573 g/mol. The van der Waals surface area contributed by atoms with Crippen LogP contribution < -0.4 is 15.4 Å². The Bertz CT molecular complexity index is 1620. The maximum Gasteiger partial charge on any atom is 0.290 e. The maximum atomic E-state index is 13.8. The predicted octanol–water partition coefficient (Wildman–Crippen LogP) is 3.70. The van der Waals surface area contributed by atoms with Gasteiger partial charge in [0.05, 0.1) is 24.9 Å². The van der Waals surface area contributed by atoms with Crippen molar-refractivity contribution in [2.45, 2.75) is 59.7 Å². The van der Waals surface area contributed by atoms with Gasteiger partial charge in [0.15, 0.2) is 5.76 Å². The number of carbonyl (C=O) groups excluding carboxylic acids is 3. The Morgan fingerprint density at radius 1 is 1.02 bits per heavy atom. The minimum Gasteiger partial charge on any atom is -0.493 e. The predicted molar refractivity (Wildman–Crippen MR) is 156 cm³/mol. The highest BCUT2D eigenvalue weighted by atomic mass is 16.5. The summed E-state index contributed by atoms with van der Waals surface area (Å²) in [5, 5.41) is 15.0. The molecule has 42 heavy (non-hydrogen) atoms. The van der Waals surface area contributed by atoms with Crippen LogP contribution in [0.3, 0.4) is 0 Å². The van der Waals surface area contributed by atoms with Gasteiger partial charge in [0.1, 0.15) is 23.1 Å². The molecule has 2 aromatic carbocycles. The quantitative estimate of drug-likeness (QED) is 0.356. The summed E-state index contributed by atoms with van der Waals surface area (Å²) >= 11 is 0. The van der Waals surface area contributed by atoms with Gasteiger partial charge in [-0.05, 0) is 63.4 Å². The normalized spacial score (nSPS) is 17.3. The van der Waals surface area contributed by atoms with Crippen molar-refractivity contribution in [2.75, 3.05) is 19.7 Å². The van der Waals surface area contributed by atoms with E-state index in [-0.39, 0.29) is 30.0 Å². The Labute approximate surface area is 244 Å². The SMILES string of the molecule is Cc1ccc2c(c1)OCCCn1cc(nn1)CN(C(=O)c1oc3cc(C)ccc3c1C)CCCNC(=O)[C@@H](C)NC2=O. The fraction of sp³-hybridized carbons (Fsp3) is 0.387. The zero-order valence-corrected chi connectivity index (χ0v) is 24.4. The molecule has 2 aromatic heterocycles. The third kappa shape index (κ3) is 6.45. The number of ether oxygens (including phenoxy) is 1. The molecule has 0 fully saturated rings. The lowest BCUT2D eigenvalue weighted by Gasteiger charge is -2.21. The lowest BCUT2D eigenvalue weighted by molar-refractivity contribution is -0.122. The number of hydrogen-bond acceptors (Lipinski definition) is 7. The van der Waals surface area contributed by atoms with Crippen molar-refractivity contribution in [3.8, 4) is 5.75 Å². The van der Waals surface area contributed by atoms with Crippen LogP contribution in [0.5, 0.6) is 5.75 Å². The molecule has 0 saturated heterocycles. The van der Waals surface area contributed by atoms with Gasteiger partial charge in [0.25, 0.3) is 11.8 Å². The van der Waals surface area contributed by atoms with Gasteiger partial charge in [0.2, 0.25) is 5.91 Å². The third-order valence-corrected chi connectivity index (χ3v) is 7.33. The second-order valence-electron chi connectivity index (χ2n) is 10.8. The van der Waals surface area contributed by atoms with Crippen LogP contribution in [0.25, 0.3) is 11.0 Å². The van der Waals surface area contributed by atoms with Gasteiger partial charge in [-0.2, -0.15) is 0 Å². The van der Waals surface area contributed by atoms with E-state index in [2.05, 4.69) is 20.9 Å². The van der Waals surface area contributed by atoms with Crippen molar-refractivity contribution in [3.63, 3.8) is 0 Å². The summed E-state index contributed by atoms with van der Waals surface area (Å²) in [5.41, 5.74) is 4.46. The second-order valence-corrected chi connectivity index (χ2v) is 10.8. The highest BCUT2D eigenvalue weighted by Crippen LogP contribution is 2.27. The molecule has 220 valence electrons. The summed E-state index contributed by atoms with van der Waals surface area (Å²) in [7, 11) is 0. The largest absolute Gasteiger partial charge is 0.493 e. The summed E-state index contributed by atoms with van der Waals surface area (Å²) < 4.78 is 13.7. The van der Waals surface area contributed by atoms with Gasteiger partial charge in [-0.1, -0.05) is 23.4 Å². The van der Waals surface area contributed by atoms with E-state index < -0.39 is 6.04 Å². The Morgan fingerprint density at radius 2 is 1.81 bits per heavy atom. The van der Waals surface area contributed by atoms with E-state index in [9.17, 15) is 14.4 Å². The lowest BCUT2D eigenvalue weighted by atomic mass is 10.1. The number of nitrogens with one attached hydrogen (secondary N) is 2. The van der Waals surface area contributed by atoms with Crippen molar-refractivity contribution in [2.24, 2.45) is 0 Å². The number of hydrogen-bond donors (Lipinski definition) is 2. The number of benzene rings is 2. The molecule has 0 unspecified atom stereocenters. The van der Waals surface area contributed by atoms with Gasteiger partial charge < -0.3 is 24.7 Å². The van der Waals surface area contributed by atoms with E-state index in [1.807, 2.05) is 57.3 Å². The molecule has 3 heterocycles. The Balaban J connectivity index is 1.37. The van der Waals surface area contributed by atoms with Gasteiger partial charge in [-0.15, -0.1) is 5.10 Å². The molecule has 11 heteroatoms. The second kappa shape index (κ2) is 12.5. The van der Waals surface area contributed by atoms with Crippen LogP contribution in [-0.2, 0) is 17.9 Å². The number of aromatic nitrogens is 3. The Hall–Kier alpha value is -4.67. The molecule has 4 aromatic rings. The molecular formula is C31H36N6O5. The van der Waals surface area contributed by atoms with Crippen LogP contribution in [-0.4, -0.2) is 63.4 Å². The molecule has 5 rings (SSSR count). The maximum absolute atomic E-state index is 13.8. The van der Waals surface area contributed by atoms with Crippen LogP contribution in [0.4, 0.5) is 0 Å². The number of fused-ring (bicyclic) bond motifs is 4. The van der Waals surface area contributed by atoms with Gasteiger partial charge >= 0.3 is 0 Å². The van der Waals surface area contributed by atoms with E-state index in [1.165, 1.54) is 0 Å². The molecule has 2 bridgehead atoms. The number of nitrogens with zero attached hydrogens (tertiary/aromatic N) is 4. The van der Waals surface area contributed by atoms with Gasteiger partial charge in [0, 0.05) is 37.0 Å². The monoisotopic (exact) mass is 572 g/mol. The molecule has 2 N–H and O–H groups in total. The molecule has 3 amide bonds. The number of aryl methyl sites for hydroxylation is 4. The molecule has 0 aliphatic carbocycles. The fourth-order valence-electron chi connectivity index (χ4n) is 4.97. The first-order chi connectivity index (χ1) is 20.2. The summed E-state index contributed by atoms with van der Waals surface area (Å²) in [6.07, 6.45) is 2.93. The molecule has 1 atom stereocenters. The van der Waals surface area contributed by atoms with E-state index in [1.54, 1.807) is 22.6 Å². The Kier molecular flexibility index (Phi) is 8.56. The standard InChI is InChI=1S/C31H36N6O5/c1-19-8-10-25-26(15-19)41-14-6-13-37-18-23(34-35-37)17-36(12-5-11-32-29(38)22(4)33-30(25)39)31(40)28-21(3)24-9-7-20(2)16-27(24)42-28/h7-10,15-16,18,22H,5-6,11-14,17H2,1-4H3,(H,32,38)(H,33,39)/t22-/m1/s1. The van der Waals surface area contributed by atoms with Crippen LogP contribution in [0, 0.1) is 20.8 Å². The number of rotatable bonds is 1. The van der Waals surface area contributed by atoms with Crippen LogP contribution in [0.1, 0.15) is 63.1 Å². The summed E-state index contributed by atoms with van der Waals surface area (Å²) in [4.78, 5) is 41.2. The van der Waals surface area contributed by atoms with Crippen LogP contribution >= 0.6 is 0 Å². The highest BCUT2D eigenvalue weighted by Gasteiger charge is 2.25. The third-order valence-electron chi connectivity index (χ3n) is 7.33. The summed E-state index contributed by atoms with van der Waals surface area (Å²) in [6, 6.07) is 10.5. The number of furan rings is 1. The van der Waals surface area contributed by atoms with E-state index in [0.717, 1.165) is 22.1 Å². The molecule has 0 saturated carbocycles. The zero-order valence-electron chi connectivity index (χ0n) is 24.4. The first kappa shape index (κ1) is 28.8. The van der Waals surface area contributed by atoms with E-state index in [0.29, 0.717) is 61.7 Å². The van der Waals surface area contributed by atoms with Gasteiger partial charge in [-0.3, -0.25) is 19.1 Å². The van der Waals surface area contributed by atoms with E-state index >= 15 is 0 Å². The average Bonchev–Trinajstić information content (AvgIpc) is 3.54. The number of amides is 3. The molecule has 0 radical (unpaired) electrons. The molecule has 1 aliphatic heterocycles. The van der Waals surface area contributed by atoms with Gasteiger partial charge in [-0.25, -0.2) is 0 Å². The zero-order chi connectivity index (χ0) is 29.8.